The number of hydrogen-bond donors (Lipinski definition) is 2. The number of nitrogens with zero attached hydrogens (tertiary/aromatic N) is 3. The van der Waals surface area contributed by atoms with Crippen LogP contribution in [-0.2, 0) is 0 Å². The molecule has 5 heteroatoms. The van der Waals surface area contributed by atoms with Crippen LogP contribution in [0.3, 0.4) is 0 Å². The molecule has 5 nitrogen and oxygen atoms in total. The lowest BCUT2D eigenvalue weighted by Crippen LogP contribution is -2.21. The summed E-state index contributed by atoms with van der Waals surface area (Å²) in [5, 5.41) is 7.43. The van der Waals surface area contributed by atoms with Gasteiger partial charge in [0, 0.05) is 26.2 Å². The average molecular weight is 205 g/mol. The molecule has 0 unspecified atom stereocenters. The molecule has 1 saturated carbocycles. The number of nitrogens with one attached hydrogen (secondary N) is 1. The molecule has 0 saturated heterocycles. The van der Waals surface area contributed by atoms with Crippen molar-refractivity contribution < 1.29 is 0 Å². The predicted molar refractivity (Wildman–Crippen MR) is 59.4 cm³/mol. The smallest absolute Gasteiger partial charge is 0.142 e. The van der Waals surface area contributed by atoms with E-state index in [1.54, 1.807) is 6.20 Å². The topological polar surface area (TPSA) is 78.9 Å². The minimum atomic E-state index is 0.0149. The summed E-state index contributed by atoms with van der Waals surface area (Å²) >= 11 is 0. The predicted octanol–water partition coefficient (Wildman–Crippen LogP) is 0.704. The van der Waals surface area contributed by atoms with Crippen LogP contribution in [0.15, 0.2) is 6.20 Å². The molecule has 1 aromatic heterocycles. The number of aromatic nitrogens is 2. The molecule has 1 aliphatic carbocycles. The van der Waals surface area contributed by atoms with Gasteiger partial charge in [-0.2, -0.15) is 0 Å². The fourth-order valence-electron chi connectivity index (χ4n) is 1.46. The standard InChI is InChI=1S/C10H15N5/c1-15(2)10-7(8(11)12)5-13-9(14-10)6-3-4-6/h5-6H,3-4H2,1-2H3,(H3,11,12). The van der Waals surface area contributed by atoms with Crippen LogP contribution in [0.5, 0.6) is 0 Å². The number of nitrogen functional groups attached to an aromatic ring is 1. The van der Waals surface area contributed by atoms with Crippen molar-refractivity contribution in [3.63, 3.8) is 0 Å². The lowest BCUT2D eigenvalue weighted by molar-refractivity contribution is 0.902. The zero-order valence-corrected chi connectivity index (χ0v) is 8.99. The van der Waals surface area contributed by atoms with Crippen LogP contribution >= 0.6 is 0 Å². The van der Waals surface area contributed by atoms with Crippen LogP contribution < -0.4 is 10.6 Å². The van der Waals surface area contributed by atoms with Gasteiger partial charge < -0.3 is 10.6 Å². The Labute approximate surface area is 88.8 Å². The van der Waals surface area contributed by atoms with Crippen LogP contribution in [0.4, 0.5) is 5.82 Å². The Kier molecular flexibility index (Phi) is 2.30. The first kappa shape index (κ1) is 9.89. The minimum absolute atomic E-state index is 0.0149. The lowest BCUT2D eigenvalue weighted by atomic mass is 10.2. The Morgan fingerprint density at radius 1 is 1.53 bits per heavy atom. The van der Waals surface area contributed by atoms with Gasteiger partial charge in [0.05, 0.1) is 5.56 Å². The largest absolute Gasteiger partial charge is 0.384 e. The summed E-state index contributed by atoms with van der Waals surface area (Å²) in [6.07, 6.45) is 4.00. The Hall–Kier alpha value is -1.65. The highest BCUT2D eigenvalue weighted by molar-refractivity contribution is 5.99. The van der Waals surface area contributed by atoms with Gasteiger partial charge in [0.15, 0.2) is 0 Å². The molecule has 0 bridgehead atoms. The second-order valence-corrected chi connectivity index (χ2v) is 4.05. The van der Waals surface area contributed by atoms with E-state index < -0.39 is 0 Å². The van der Waals surface area contributed by atoms with Gasteiger partial charge in [-0.05, 0) is 12.8 Å². The second-order valence-electron chi connectivity index (χ2n) is 4.05. The van der Waals surface area contributed by atoms with Gasteiger partial charge >= 0.3 is 0 Å². The van der Waals surface area contributed by atoms with E-state index in [4.69, 9.17) is 11.1 Å². The molecule has 1 aliphatic rings. The quantitative estimate of drug-likeness (QED) is 0.562. The van der Waals surface area contributed by atoms with Gasteiger partial charge in [-0.1, -0.05) is 0 Å². The fourth-order valence-corrected chi connectivity index (χ4v) is 1.46. The molecule has 3 N–H and O–H groups in total. The van der Waals surface area contributed by atoms with E-state index in [1.165, 1.54) is 12.8 Å². The molecule has 2 rings (SSSR count). The van der Waals surface area contributed by atoms with E-state index >= 15 is 0 Å². The highest BCUT2D eigenvalue weighted by Gasteiger charge is 2.27. The maximum atomic E-state index is 7.43. The third-order valence-corrected chi connectivity index (χ3v) is 2.44. The summed E-state index contributed by atoms with van der Waals surface area (Å²) < 4.78 is 0. The molecular formula is C10H15N5. The van der Waals surface area contributed by atoms with Crippen molar-refractivity contribution >= 4 is 11.7 Å². The van der Waals surface area contributed by atoms with Crippen molar-refractivity contribution in [2.75, 3.05) is 19.0 Å². The minimum Gasteiger partial charge on any atom is -0.384 e. The van der Waals surface area contributed by atoms with Crippen molar-refractivity contribution in [3.05, 3.63) is 17.6 Å². The summed E-state index contributed by atoms with van der Waals surface area (Å²) in [4.78, 5) is 10.6. The maximum absolute atomic E-state index is 7.43. The molecule has 1 aromatic rings. The van der Waals surface area contributed by atoms with Gasteiger partial charge in [0.25, 0.3) is 0 Å². The molecule has 0 radical (unpaired) electrons. The van der Waals surface area contributed by atoms with Crippen LogP contribution in [-0.4, -0.2) is 29.9 Å². The highest BCUT2D eigenvalue weighted by atomic mass is 15.2. The Bertz CT molecular complexity index is 395. The van der Waals surface area contributed by atoms with Gasteiger partial charge in [0.2, 0.25) is 0 Å². The Balaban J connectivity index is 2.43. The number of rotatable bonds is 3. The second kappa shape index (κ2) is 3.49. The van der Waals surface area contributed by atoms with E-state index in [0.717, 1.165) is 11.6 Å². The summed E-state index contributed by atoms with van der Waals surface area (Å²) in [7, 11) is 3.79. The molecule has 0 spiro atoms. The van der Waals surface area contributed by atoms with Crippen LogP contribution in [0.2, 0.25) is 0 Å². The number of hydrogen-bond acceptors (Lipinski definition) is 4. The SMILES string of the molecule is CN(C)c1nc(C2CC2)ncc1C(=N)N. The Morgan fingerprint density at radius 3 is 2.67 bits per heavy atom. The van der Waals surface area contributed by atoms with Crippen molar-refractivity contribution in [2.24, 2.45) is 5.73 Å². The molecule has 0 aliphatic heterocycles. The lowest BCUT2D eigenvalue weighted by Gasteiger charge is -2.15. The molecule has 80 valence electrons. The van der Waals surface area contributed by atoms with Crippen molar-refractivity contribution in [2.45, 2.75) is 18.8 Å². The van der Waals surface area contributed by atoms with Crippen molar-refractivity contribution in [1.82, 2.24) is 9.97 Å². The normalized spacial score (nSPS) is 15.1. The van der Waals surface area contributed by atoms with Crippen LogP contribution in [0.25, 0.3) is 0 Å². The van der Waals surface area contributed by atoms with E-state index in [0.29, 0.717) is 11.5 Å². The summed E-state index contributed by atoms with van der Waals surface area (Å²) in [5.41, 5.74) is 6.07. The molecule has 15 heavy (non-hydrogen) atoms. The molecule has 0 aromatic carbocycles. The van der Waals surface area contributed by atoms with E-state index in [1.807, 2.05) is 19.0 Å². The molecule has 0 amide bonds. The zero-order chi connectivity index (χ0) is 11.0. The number of amidine groups is 1. The van der Waals surface area contributed by atoms with Crippen molar-refractivity contribution in [3.8, 4) is 0 Å². The summed E-state index contributed by atoms with van der Waals surface area (Å²) in [6.45, 7) is 0. The third kappa shape index (κ3) is 1.91. The van der Waals surface area contributed by atoms with Crippen LogP contribution in [0.1, 0.15) is 30.1 Å². The molecule has 1 fully saturated rings. The highest BCUT2D eigenvalue weighted by Crippen LogP contribution is 2.38. The van der Waals surface area contributed by atoms with Gasteiger partial charge in [-0.3, -0.25) is 5.41 Å². The molecule has 0 atom stereocenters. The number of anilines is 1. The Morgan fingerprint density at radius 2 is 2.20 bits per heavy atom. The zero-order valence-electron chi connectivity index (χ0n) is 8.99. The first-order valence-corrected chi connectivity index (χ1v) is 4.98. The third-order valence-electron chi connectivity index (χ3n) is 2.44. The van der Waals surface area contributed by atoms with E-state index in [-0.39, 0.29) is 5.84 Å². The van der Waals surface area contributed by atoms with Crippen molar-refractivity contribution in [1.29, 1.82) is 5.41 Å². The maximum Gasteiger partial charge on any atom is 0.142 e. The fraction of sp³-hybridized carbons (Fsp3) is 0.500. The molecule has 1 heterocycles. The van der Waals surface area contributed by atoms with Gasteiger partial charge in [-0.25, -0.2) is 9.97 Å². The monoisotopic (exact) mass is 205 g/mol. The van der Waals surface area contributed by atoms with Crippen LogP contribution in [0, 0.1) is 5.41 Å². The first-order chi connectivity index (χ1) is 7.09. The number of nitrogens with two attached hydrogens (primary N) is 1. The molecular weight excluding hydrogens is 190 g/mol. The van der Waals surface area contributed by atoms with Gasteiger partial charge in [-0.15, -0.1) is 0 Å². The van der Waals surface area contributed by atoms with Gasteiger partial charge in [0.1, 0.15) is 17.5 Å². The van der Waals surface area contributed by atoms with E-state index in [9.17, 15) is 0 Å². The average Bonchev–Trinajstić information content (AvgIpc) is 2.99. The summed E-state index contributed by atoms with van der Waals surface area (Å²) in [5.74, 6) is 2.15. The van der Waals surface area contributed by atoms with E-state index in [2.05, 4.69) is 9.97 Å². The first-order valence-electron chi connectivity index (χ1n) is 4.98. The summed E-state index contributed by atoms with van der Waals surface area (Å²) in [6, 6.07) is 0.